The summed E-state index contributed by atoms with van der Waals surface area (Å²) in [4.78, 5) is 70.2. The average Bonchev–Trinajstić information content (AvgIpc) is 4.40. The topological polar surface area (TPSA) is 206 Å². The molecule has 0 unspecified atom stereocenters. The van der Waals surface area contributed by atoms with E-state index in [2.05, 4.69) is 65.9 Å². The molecule has 7 aromatic rings. The zero-order chi connectivity index (χ0) is 56.7. The van der Waals surface area contributed by atoms with Crippen molar-refractivity contribution < 1.29 is 38.3 Å². The summed E-state index contributed by atoms with van der Waals surface area (Å²) in [6, 6.07) is 24.6. The van der Waals surface area contributed by atoms with E-state index in [1.165, 1.54) is 10.5 Å². The van der Waals surface area contributed by atoms with Crippen molar-refractivity contribution in [1.29, 1.82) is 0 Å². The van der Waals surface area contributed by atoms with Gasteiger partial charge in [-0.15, -0.1) is 11.3 Å². The number of carbonyl (C=O) groups is 4. The van der Waals surface area contributed by atoms with Gasteiger partial charge in [0.1, 0.15) is 17.8 Å². The zero-order valence-electron chi connectivity index (χ0n) is 47.4. The number of β-amino-alcohol motifs (C(OH)–C–C–N with tert-alkyl or cyclic N) is 1. The normalized spacial score (nSPS) is 21.4. The molecule has 7 heterocycles. The summed E-state index contributed by atoms with van der Waals surface area (Å²) in [7, 11) is 0. The number of thiazole rings is 1. The van der Waals surface area contributed by atoms with Gasteiger partial charge in [-0.2, -0.15) is 0 Å². The van der Waals surface area contributed by atoms with E-state index in [9.17, 15) is 24.3 Å². The lowest BCUT2D eigenvalue weighted by Crippen LogP contribution is -2.59. The number of amides is 4. The van der Waals surface area contributed by atoms with Crippen LogP contribution in [-0.2, 0) is 23.9 Å². The van der Waals surface area contributed by atoms with Gasteiger partial charge in [0.2, 0.25) is 17.7 Å². The SMILES string of the molecule is Cc1ncsc1-c1ccc([C@H](C)NC(=O)[C@@H]2C[C@@H](O)CN2C(=O)[C@@H](NC(=O)CN2CCC(OC3CC(NC(=O)c4ccc5c6ncc(-c7c(C)noc7C)cc6n([C@@H](c6ccccc6)C6CCOCC6)c5c4)C3)CC2)C(C)(C)C)cc1. The number of nitrogens with zero attached hydrogens (tertiary/aromatic N) is 6. The van der Waals surface area contributed by atoms with Gasteiger partial charge in [0.05, 0.1) is 75.3 Å². The number of aromatic nitrogens is 4. The Hall–Kier alpha value is -6.83. The van der Waals surface area contributed by atoms with Crippen LogP contribution in [-0.4, -0.2) is 134 Å². The molecule has 0 bridgehead atoms. The Kier molecular flexibility index (Phi) is 16.3. The maximum absolute atomic E-state index is 14.4. The summed E-state index contributed by atoms with van der Waals surface area (Å²) in [5, 5.41) is 25.4. The van der Waals surface area contributed by atoms with Crippen molar-refractivity contribution in [3.05, 3.63) is 124 Å². The third-order valence-corrected chi connectivity index (χ3v) is 18.1. The smallest absolute Gasteiger partial charge is 0.251 e. The van der Waals surface area contributed by atoms with Gasteiger partial charge in [0.15, 0.2) is 0 Å². The van der Waals surface area contributed by atoms with E-state index >= 15 is 0 Å². The molecular weight excluding hydrogens is 1040 g/mol. The van der Waals surface area contributed by atoms with Crippen LogP contribution in [0.3, 0.4) is 0 Å². The number of carbonyl (C=O) groups excluding carboxylic acids is 4. The van der Waals surface area contributed by atoms with Crippen molar-refractivity contribution in [2.45, 2.75) is 142 Å². The molecule has 3 aliphatic heterocycles. The van der Waals surface area contributed by atoms with E-state index in [1.54, 1.807) is 11.3 Å². The molecule has 4 aliphatic rings. The minimum atomic E-state index is -0.923. The quantitative estimate of drug-likeness (QED) is 0.0716. The fourth-order valence-corrected chi connectivity index (χ4v) is 13.5. The van der Waals surface area contributed by atoms with Crippen molar-refractivity contribution >= 4 is 56.9 Å². The van der Waals surface area contributed by atoms with Crippen molar-refractivity contribution in [3.8, 4) is 21.6 Å². The molecule has 18 heteroatoms. The van der Waals surface area contributed by atoms with Gasteiger partial charge in [-0.25, -0.2) is 4.98 Å². The third-order valence-electron chi connectivity index (χ3n) is 17.1. The van der Waals surface area contributed by atoms with Crippen LogP contribution in [0.2, 0.25) is 0 Å². The van der Waals surface area contributed by atoms with E-state index in [1.807, 2.05) is 109 Å². The number of hydrogen-bond acceptors (Lipinski definition) is 13. The first-order valence-electron chi connectivity index (χ1n) is 28.7. The summed E-state index contributed by atoms with van der Waals surface area (Å²) < 4.78 is 20.4. The number of aliphatic hydroxyl groups excluding tert-OH is 1. The molecule has 4 fully saturated rings. The first-order chi connectivity index (χ1) is 39.0. The lowest BCUT2D eigenvalue weighted by atomic mass is 9.85. The van der Waals surface area contributed by atoms with Gasteiger partial charge in [0.25, 0.3) is 5.91 Å². The standard InChI is InChI=1S/C63H75N9O8S/c1-36(40-13-15-43(16-14-40)58-38(3)65-35-81-58)66-61(76)53-31-47(73)33-71(53)62(77)59(63(5,6)7)68-54(74)34-70-23-19-48(20-24-70)79-49-29-46(30-49)67-60(75)44-17-18-50-51(27-44)72(57(41-11-9-8-10-12-41)42-21-25-78-26-22-42)52-28-45(32-64-56(50)52)55-37(2)69-80-39(55)4/h8-18,27-28,32,35-36,42,46-49,53,57,59,73H,19-26,29-31,33-34H2,1-7H3,(H,66,76)(H,67,75)(H,68,74)/t36-,46?,47+,49?,53-,57-,59+/m0/s1. The van der Waals surface area contributed by atoms with Crippen LogP contribution in [0.1, 0.15) is 123 Å². The predicted molar refractivity (Wildman–Crippen MR) is 312 cm³/mol. The Labute approximate surface area is 477 Å². The molecule has 5 atom stereocenters. The number of hydrogen-bond donors (Lipinski definition) is 4. The number of ether oxygens (including phenoxy) is 2. The van der Waals surface area contributed by atoms with Crippen LogP contribution in [0.4, 0.5) is 0 Å². The summed E-state index contributed by atoms with van der Waals surface area (Å²) in [6.45, 7) is 16.2. The highest BCUT2D eigenvalue weighted by atomic mass is 32.1. The Morgan fingerprint density at radius 3 is 2.25 bits per heavy atom. The predicted octanol–water partition coefficient (Wildman–Crippen LogP) is 9.02. The summed E-state index contributed by atoms with van der Waals surface area (Å²) in [5.74, 6) is -0.113. The summed E-state index contributed by atoms with van der Waals surface area (Å²) in [6.07, 6.45) is 5.92. The van der Waals surface area contributed by atoms with E-state index in [4.69, 9.17) is 19.0 Å². The van der Waals surface area contributed by atoms with Crippen molar-refractivity contribution in [2.24, 2.45) is 11.3 Å². The number of benzene rings is 3. The largest absolute Gasteiger partial charge is 0.391 e. The number of aryl methyl sites for hydroxylation is 3. The van der Waals surface area contributed by atoms with Gasteiger partial charge in [-0.05, 0) is 119 Å². The van der Waals surface area contributed by atoms with E-state index in [0.717, 1.165) is 91.9 Å². The Balaban J connectivity index is 0.684. The van der Waals surface area contributed by atoms with Gasteiger partial charge in [-0.1, -0.05) is 80.5 Å². The van der Waals surface area contributed by atoms with Crippen LogP contribution in [0.25, 0.3) is 43.5 Å². The second-order valence-corrected chi connectivity index (χ2v) is 24.8. The van der Waals surface area contributed by atoms with Crippen LogP contribution in [0.15, 0.2) is 95.1 Å². The van der Waals surface area contributed by atoms with Gasteiger partial charge < -0.3 is 44.5 Å². The molecule has 4 amide bonds. The van der Waals surface area contributed by atoms with Gasteiger partial charge in [0, 0.05) is 73.6 Å². The lowest BCUT2D eigenvalue weighted by molar-refractivity contribution is -0.144. The molecule has 3 aromatic carbocycles. The fraction of sp³-hybridized carbons (Fsp3) is 0.476. The van der Waals surface area contributed by atoms with Crippen LogP contribution in [0, 0.1) is 32.1 Å². The first kappa shape index (κ1) is 56.1. The molecule has 426 valence electrons. The van der Waals surface area contributed by atoms with Crippen LogP contribution in [0.5, 0.6) is 0 Å². The Bertz CT molecular complexity index is 3380. The number of rotatable bonds is 16. The number of fused-ring (bicyclic) bond motifs is 3. The van der Waals surface area contributed by atoms with Crippen molar-refractivity contribution in [3.63, 3.8) is 0 Å². The van der Waals surface area contributed by atoms with E-state index in [-0.39, 0.29) is 67.6 Å². The molecule has 4 N–H and O–H groups in total. The van der Waals surface area contributed by atoms with Crippen LogP contribution >= 0.6 is 11.3 Å². The molecule has 0 radical (unpaired) electrons. The second-order valence-electron chi connectivity index (χ2n) is 24.0. The van der Waals surface area contributed by atoms with Crippen molar-refractivity contribution in [1.82, 2.24) is 45.4 Å². The lowest BCUT2D eigenvalue weighted by Gasteiger charge is -2.40. The Morgan fingerprint density at radius 1 is 0.827 bits per heavy atom. The number of likely N-dealkylation sites (tertiary alicyclic amines) is 2. The maximum Gasteiger partial charge on any atom is 0.251 e. The minimum absolute atomic E-state index is 0.000352. The summed E-state index contributed by atoms with van der Waals surface area (Å²) >= 11 is 1.58. The monoisotopic (exact) mass is 1120 g/mol. The zero-order valence-corrected chi connectivity index (χ0v) is 48.3. The molecular formula is C63H75N9O8S. The Morgan fingerprint density at radius 2 is 1.57 bits per heavy atom. The van der Waals surface area contributed by atoms with Crippen LogP contribution < -0.4 is 16.0 Å². The highest BCUT2D eigenvalue weighted by Crippen LogP contribution is 2.42. The molecule has 4 aromatic heterocycles. The second kappa shape index (κ2) is 23.6. The van der Waals surface area contributed by atoms with Gasteiger partial charge in [-0.3, -0.25) is 29.1 Å². The van der Waals surface area contributed by atoms with E-state index in [0.29, 0.717) is 50.6 Å². The van der Waals surface area contributed by atoms with Gasteiger partial charge >= 0.3 is 0 Å². The molecule has 1 saturated carbocycles. The number of aliphatic hydroxyl groups is 1. The molecule has 3 saturated heterocycles. The first-order valence-corrected chi connectivity index (χ1v) is 29.6. The minimum Gasteiger partial charge on any atom is -0.391 e. The van der Waals surface area contributed by atoms with Crippen molar-refractivity contribution in [2.75, 3.05) is 39.4 Å². The highest BCUT2D eigenvalue weighted by molar-refractivity contribution is 7.13. The average molecular weight is 1120 g/mol. The molecule has 1 aliphatic carbocycles. The molecule has 81 heavy (non-hydrogen) atoms. The number of pyridine rings is 1. The molecule has 11 rings (SSSR count). The third kappa shape index (κ3) is 11.9. The number of piperidine rings is 1. The van der Waals surface area contributed by atoms with E-state index < -0.39 is 29.5 Å². The maximum atomic E-state index is 14.4. The fourth-order valence-electron chi connectivity index (χ4n) is 12.7. The summed E-state index contributed by atoms with van der Waals surface area (Å²) in [5.41, 5.74) is 11.3. The highest BCUT2D eigenvalue weighted by Gasteiger charge is 2.45. The molecule has 0 spiro atoms. The number of nitrogens with one attached hydrogen (secondary N) is 3. The molecule has 17 nitrogen and oxygen atoms in total.